The minimum Gasteiger partial charge on any atom is -0.497 e. The van der Waals surface area contributed by atoms with E-state index in [0.717, 1.165) is 37.1 Å². The fourth-order valence-electron chi connectivity index (χ4n) is 4.83. The van der Waals surface area contributed by atoms with Crippen LogP contribution in [0.1, 0.15) is 24.0 Å². The summed E-state index contributed by atoms with van der Waals surface area (Å²) < 4.78 is 10.6. The van der Waals surface area contributed by atoms with Crippen LogP contribution < -0.4 is 14.8 Å². The Morgan fingerprint density at radius 3 is 2.06 bits per heavy atom. The van der Waals surface area contributed by atoms with E-state index in [-0.39, 0.29) is 18.4 Å². The van der Waals surface area contributed by atoms with Crippen molar-refractivity contribution in [2.24, 2.45) is 5.92 Å². The van der Waals surface area contributed by atoms with Crippen molar-refractivity contribution in [3.8, 4) is 11.5 Å². The molecule has 1 heterocycles. The van der Waals surface area contributed by atoms with Crippen molar-refractivity contribution in [1.29, 1.82) is 0 Å². The third kappa shape index (κ3) is 5.08. The number of aliphatic hydroxyl groups is 1. The van der Waals surface area contributed by atoms with E-state index >= 15 is 0 Å². The van der Waals surface area contributed by atoms with Crippen molar-refractivity contribution in [3.63, 3.8) is 0 Å². The van der Waals surface area contributed by atoms with Gasteiger partial charge in [0.25, 0.3) is 0 Å². The van der Waals surface area contributed by atoms with Crippen LogP contribution in [0.25, 0.3) is 0 Å². The summed E-state index contributed by atoms with van der Waals surface area (Å²) in [5.41, 5.74) is 1.37. The molecule has 3 aromatic carbocycles. The van der Waals surface area contributed by atoms with Gasteiger partial charge in [-0.1, -0.05) is 60.7 Å². The highest BCUT2D eigenvalue weighted by atomic mass is 16.5. The highest BCUT2D eigenvalue weighted by Crippen LogP contribution is 2.41. The Kier molecular flexibility index (Phi) is 7.50. The highest BCUT2D eigenvalue weighted by molar-refractivity contribution is 5.93. The average Bonchev–Trinajstić information content (AvgIpc) is 2.90. The molecule has 2 N–H and O–H groups in total. The van der Waals surface area contributed by atoms with Crippen molar-refractivity contribution >= 4 is 11.6 Å². The minimum atomic E-state index is -1.06. The Morgan fingerprint density at radius 2 is 1.53 bits per heavy atom. The van der Waals surface area contributed by atoms with Gasteiger partial charge >= 0.3 is 0 Å². The van der Waals surface area contributed by atoms with E-state index in [1.165, 1.54) is 0 Å². The van der Waals surface area contributed by atoms with Gasteiger partial charge in [0.05, 0.1) is 26.5 Å². The quantitative estimate of drug-likeness (QED) is 0.525. The Hall–Kier alpha value is -3.35. The summed E-state index contributed by atoms with van der Waals surface area (Å²) in [6.45, 7) is 1.76. The zero-order valence-electron chi connectivity index (χ0n) is 19.7. The second-order valence-corrected chi connectivity index (χ2v) is 8.66. The topological polar surface area (TPSA) is 71.0 Å². The molecule has 1 aliphatic rings. The normalized spacial score (nSPS) is 15.0. The molecule has 0 spiro atoms. The standard InChI is InChI=1S/C28H32N2O4/c1-33-24-13-14-25(26(19-24)34-2)29-27(31)20-30-17-15-23(16-18-30)28(32,21-9-5-3-6-10-21)22-11-7-4-8-12-22/h3-14,19,23,32H,15-18,20H2,1-2H3,(H,29,31). The van der Waals surface area contributed by atoms with Gasteiger partial charge < -0.3 is 19.9 Å². The maximum absolute atomic E-state index is 12.7. The molecule has 0 radical (unpaired) electrons. The number of hydrogen-bond donors (Lipinski definition) is 2. The van der Waals surface area contributed by atoms with E-state index in [9.17, 15) is 9.90 Å². The molecule has 0 unspecified atom stereocenters. The van der Waals surface area contributed by atoms with Gasteiger partial charge in [0, 0.05) is 6.07 Å². The molecule has 34 heavy (non-hydrogen) atoms. The number of carbonyl (C=O) groups excluding carboxylic acids is 1. The van der Waals surface area contributed by atoms with Crippen LogP contribution in [0.4, 0.5) is 5.69 Å². The molecule has 0 saturated carbocycles. The Labute approximate surface area is 201 Å². The number of nitrogens with one attached hydrogen (secondary N) is 1. The van der Waals surface area contributed by atoms with E-state index in [1.807, 2.05) is 60.7 Å². The Balaban J connectivity index is 1.42. The number of methoxy groups -OCH3 is 2. The van der Waals surface area contributed by atoms with Crippen LogP contribution in [0.5, 0.6) is 11.5 Å². The maximum Gasteiger partial charge on any atom is 0.238 e. The number of benzene rings is 3. The molecular formula is C28H32N2O4. The van der Waals surface area contributed by atoms with Crippen molar-refractivity contribution in [1.82, 2.24) is 4.90 Å². The second kappa shape index (κ2) is 10.7. The first-order valence-electron chi connectivity index (χ1n) is 11.6. The third-order valence-corrected chi connectivity index (χ3v) is 6.66. The molecule has 4 rings (SSSR count). The molecule has 1 aliphatic heterocycles. The van der Waals surface area contributed by atoms with Gasteiger partial charge in [-0.15, -0.1) is 0 Å². The van der Waals surface area contributed by atoms with Gasteiger partial charge in [-0.05, 0) is 55.1 Å². The third-order valence-electron chi connectivity index (χ3n) is 6.66. The number of nitrogens with zero attached hydrogens (tertiary/aromatic N) is 1. The fraction of sp³-hybridized carbons (Fsp3) is 0.321. The van der Waals surface area contributed by atoms with Crippen molar-refractivity contribution in [3.05, 3.63) is 90.0 Å². The van der Waals surface area contributed by atoms with E-state index in [4.69, 9.17) is 9.47 Å². The first-order chi connectivity index (χ1) is 16.5. The molecule has 0 aliphatic carbocycles. The number of amides is 1. The lowest BCUT2D eigenvalue weighted by Gasteiger charge is -2.42. The van der Waals surface area contributed by atoms with Crippen LogP contribution in [-0.2, 0) is 10.4 Å². The van der Waals surface area contributed by atoms with Crippen molar-refractivity contribution in [2.75, 3.05) is 39.2 Å². The zero-order valence-corrected chi connectivity index (χ0v) is 19.7. The van der Waals surface area contributed by atoms with Gasteiger partial charge in [0.2, 0.25) is 5.91 Å². The van der Waals surface area contributed by atoms with Crippen LogP contribution in [0.15, 0.2) is 78.9 Å². The molecular weight excluding hydrogens is 428 g/mol. The average molecular weight is 461 g/mol. The Bertz CT molecular complexity index is 1040. The molecule has 6 heteroatoms. The number of anilines is 1. The van der Waals surface area contributed by atoms with Gasteiger partial charge in [-0.25, -0.2) is 0 Å². The summed E-state index contributed by atoms with van der Waals surface area (Å²) in [7, 11) is 3.16. The number of hydrogen-bond acceptors (Lipinski definition) is 5. The number of piperidine rings is 1. The lowest BCUT2D eigenvalue weighted by molar-refractivity contribution is -0.118. The maximum atomic E-state index is 12.7. The summed E-state index contributed by atoms with van der Waals surface area (Å²) >= 11 is 0. The number of rotatable bonds is 8. The number of ether oxygens (including phenoxy) is 2. The van der Waals surface area contributed by atoms with E-state index in [0.29, 0.717) is 17.2 Å². The molecule has 0 aromatic heterocycles. The monoisotopic (exact) mass is 460 g/mol. The largest absolute Gasteiger partial charge is 0.497 e. The molecule has 178 valence electrons. The lowest BCUT2D eigenvalue weighted by atomic mass is 9.72. The number of likely N-dealkylation sites (tertiary alicyclic amines) is 1. The summed E-state index contributed by atoms with van der Waals surface area (Å²) in [5.74, 6) is 1.19. The van der Waals surface area contributed by atoms with E-state index in [1.54, 1.807) is 32.4 Å². The van der Waals surface area contributed by atoms with Gasteiger partial charge in [-0.3, -0.25) is 9.69 Å². The molecule has 3 aromatic rings. The molecule has 6 nitrogen and oxygen atoms in total. The molecule has 0 atom stereocenters. The van der Waals surface area contributed by atoms with E-state index in [2.05, 4.69) is 10.2 Å². The zero-order chi connectivity index (χ0) is 24.0. The predicted octanol–water partition coefficient (Wildman–Crippen LogP) is 4.29. The summed E-state index contributed by atoms with van der Waals surface area (Å²) in [6.07, 6.45) is 1.58. The molecule has 1 fully saturated rings. The molecule has 1 amide bonds. The lowest BCUT2D eigenvalue weighted by Crippen LogP contribution is -2.46. The first-order valence-corrected chi connectivity index (χ1v) is 11.6. The first kappa shape index (κ1) is 23.8. The van der Waals surface area contributed by atoms with Gasteiger partial charge in [0.15, 0.2) is 0 Å². The predicted molar refractivity (Wildman–Crippen MR) is 133 cm³/mol. The molecule has 1 saturated heterocycles. The summed E-state index contributed by atoms with van der Waals surface area (Å²) in [5, 5.41) is 15.0. The van der Waals surface area contributed by atoms with Crippen LogP contribution in [0.2, 0.25) is 0 Å². The summed E-state index contributed by atoms with van der Waals surface area (Å²) in [4.78, 5) is 14.9. The van der Waals surface area contributed by atoms with Gasteiger partial charge in [-0.2, -0.15) is 0 Å². The second-order valence-electron chi connectivity index (χ2n) is 8.66. The van der Waals surface area contributed by atoms with Crippen LogP contribution in [0, 0.1) is 5.92 Å². The minimum absolute atomic E-state index is 0.0540. The number of carbonyl (C=O) groups is 1. The van der Waals surface area contributed by atoms with Crippen LogP contribution in [0.3, 0.4) is 0 Å². The van der Waals surface area contributed by atoms with Crippen molar-refractivity contribution < 1.29 is 19.4 Å². The van der Waals surface area contributed by atoms with Crippen molar-refractivity contribution in [2.45, 2.75) is 18.4 Å². The smallest absolute Gasteiger partial charge is 0.238 e. The highest BCUT2D eigenvalue weighted by Gasteiger charge is 2.41. The SMILES string of the molecule is COc1ccc(NC(=O)CN2CCC(C(O)(c3ccccc3)c3ccccc3)CC2)c(OC)c1. The summed E-state index contributed by atoms with van der Waals surface area (Å²) in [6, 6.07) is 25.1. The van der Waals surface area contributed by atoms with Crippen LogP contribution in [-0.4, -0.2) is 49.8 Å². The van der Waals surface area contributed by atoms with Gasteiger partial charge in [0.1, 0.15) is 17.1 Å². The fourth-order valence-corrected chi connectivity index (χ4v) is 4.83. The van der Waals surface area contributed by atoms with E-state index < -0.39 is 5.60 Å². The Morgan fingerprint density at radius 1 is 0.941 bits per heavy atom. The van der Waals surface area contributed by atoms with Crippen LogP contribution >= 0.6 is 0 Å². The molecule has 0 bridgehead atoms.